The van der Waals surface area contributed by atoms with Crippen LogP contribution in [0.4, 0.5) is 0 Å². The minimum absolute atomic E-state index is 0.0118. The van der Waals surface area contributed by atoms with Gasteiger partial charge in [-0.05, 0) is 44.0 Å². The number of furan rings is 1. The molecule has 5 nitrogen and oxygen atoms in total. The molecule has 0 radical (unpaired) electrons. The highest BCUT2D eigenvalue weighted by Gasteiger charge is 2.61. The first-order valence-corrected chi connectivity index (χ1v) is 8.73. The van der Waals surface area contributed by atoms with E-state index in [4.69, 9.17) is 4.42 Å². The summed E-state index contributed by atoms with van der Waals surface area (Å²) >= 11 is 0. The topological polar surface area (TPSA) is 62.6 Å². The number of likely N-dealkylation sites (tertiary alicyclic amines) is 1. The van der Waals surface area contributed by atoms with E-state index in [1.54, 1.807) is 6.26 Å². The van der Waals surface area contributed by atoms with Crippen molar-refractivity contribution in [1.29, 1.82) is 0 Å². The van der Waals surface area contributed by atoms with E-state index in [-0.39, 0.29) is 23.1 Å². The molecule has 1 aromatic carbocycles. The molecule has 1 aliphatic carbocycles. The minimum atomic E-state index is -0.0211. The first kappa shape index (κ1) is 15.9. The fourth-order valence-corrected chi connectivity index (χ4v) is 3.91. The van der Waals surface area contributed by atoms with E-state index < -0.39 is 0 Å². The zero-order valence-corrected chi connectivity index (χ0v) is 14.3. The second-order valence-corrected chi connectivity index (χ2v) is 7.26. The quantitative estimate of drug-likeness (QED) is 0.932. The first-order chi connectivity index (χ1) is 12.1. The van der Waals surface area contributed by atoms with Crippen LogP contribution in [0.15, 0.2) is 47.1 Å². The van der Waals surface area contributed by atoms with Crippen molar-refractivity contribution in [3.05, 3.63) is 59.5 Å². The number of rotatable bonds is 4. The summed E-state index contributed by atoms with van der Waals surface area (Å²) in [6, 6.07) is 11.3. The highest BCUT2D eigenvalue weighted by molar-refractivity contribution is 5.95. The number of hydrogen-bond acceptors (Lipinski definition) is 3. The predicted octanol–water partition coefficient (Wildman–Crippen LogP) is 2.76. The summed E-state index contributed by atoms with van der Waals surface area (Å²) in [5.41, 5.74) is 1.80. The molecular weight excluding hydrogens is 316 g/mol. The van der Waals surface area contributed by atoms with Gasteiger partial charge in [-0.3, -0.25) is 9.59 Å². The van der Waals surface area contributed by atoms with Crippen molar-refractivity contribution in [2.75, 3.05) is 13.1 Å². The Kier molecular flexibility index (Phi) is 3.86. The van der Waals surface area contributed by atoms with Crippen molar-refractivity contribution in [1.82, 2.24) is 10.2 Å². The molecule has 0 bridgehead atoms. The van der Waals surface area contributed by atoms with Crippen LogP contribution in [0.2, 0.25) is 0 Å². The van der Waals surface area contributed by atoms with Gasteiger partial charge in [0.2, 0.25) is 5.91 Å². The van der Waals surface area contributed by atoms with Gasteiger partial charge in [0.25, 0.3) is 5.91 Å². The molecule has 1 N–H and O–H groups in total. The average molecular weight is 338 g/mol. The molecule has 4 rings (SSSR count). The third kappa shape index (κ3) is 3.06. The number of amides is 2. The Morgan fingerprint density at radius 3 is 2.96 bits per heavy atom. The molecular formula is C20H22N2O3. The maximum atomic E-state index is 12.7. The van der Waals surface area contributed by atoms with Gasteiger partial charge in [-0.25, -0.2) is 0 Å². The molecule has 5 heteroatoms. The molecule has 2 atom stereocenters. The van der Waals surface area contributed by atoms with Gasteiger partial charge in [-0.1, -0.05) is 17.7 Å². The maximum absolute atomic E-state index is 12.7. The van der Waals surface area contributed by atoms with Crippen LogP contribution in [-0.2, 0) is 11.3 Å². The van der Waals surface area contributed by atoms with Gasteiger partial charge in [-0.2, -0.15) is 0 Å². The molecule has 25 heavy (non-hydrogen) atoms. The summed E-state index contributed by atoms with van der Waals surface area (Å²) in [7, 11) is 0. The first-order valence-electron chi connectivity index (χ1n) is 8.73. The Morgan fingerprint density at radius 1 is 1.32 bits per heavy atom. The predicted molar refractivity (Wildman–Crippen MR) is 92.8 cm³/mol. The molecule has 1 aliphatic heterocycles. The Balaban J connectivity index is 1.35. The van der Waals surface area contributed by atoms with Gasteiger partial charge < -0.3 is 14.6 Å². The average Bonchev–Trinajstić information content (AvgIpc) is 2.95. The van der Waals surface area contributed by atoms with E-state index in [1.165, 1.54) is 0 Å². The van der Waals surface area contributed by atoms with E-state index in [1.807, 2.05) is 48.2 Å². The molecule has 2 aromatic rings. The fraction of sp³-hybridized carbons (Fsp3) is 0.400. The zero-order chi connectivity index (χ0) is 17.4. The van der Waals surface area contributed by atoms with Crippen molar-refractivity contribution in [2.24, 2.45) is 11.3 Å². The monoisotopic (exact) mass is 338 g/mol. The van der Waals surface area contributed by atoms with Gasteiger partial charge in [0.15, 0.2) is 0 Å². The maximum Gasteiger partial charge on any atom is 0.253 e. The standard InChI is InChI=1S/C20H22N2O3/c1-14-4-2-5-15(10-14)19(24)22-8-7-20(13-22)11-17(20)18(23)21-12-16-6-3-9-25-16/h2-6,9-10,17H,7-8,11-13H2,1H3,(H,21,23)/t17-,20-/m0/s1. The second kappa shape index (κ2) is 6.06. The van der Waals surface area contributed by atoms with Crippen molar-refractivity contribution >= 4 is 11.8 Å². The van der Waals surface area contributed by atoms with Gasteiger partial charge in [0.1, 0.15) is 5.76 Å². The summed E-state index contributed by atoms with van der Waals surface area (Å²) < 4.78 is 5.24. The van der Waals surface area contributed by atoms with E-state index in [0.717, 1.165) is 36.3 Å². The Bertz CT molecular complexity index is 799. The highest BCUT2D eigenvalue weighted by atomic mass is 16.3. The van der Waals surface area contributed by atoms with Gasteiger partial charge >= 0.3 is 0 Å². The number of carbonyl (C=O) groups excluding carboxylic acids is 2. The third-order valence-corrected chi connectivity index (χ3v) is 5.46. The van der Waals surface area contributed by atoms with Crippen LogP contribution in [0.1, 0.15) is 34.5 Å². The largest absolute Gasteiger partial charge is 0.467 e. The summed E-state index contributed by atoms with van der Waals surface area (Å²) in [4.78, 5) is 27.0. The Labute approximate surface area is 147 Å². The summed E-state index contributed by atoms with van der Waals surface area (Å²) in [5, 5.41) is 2.95. The Morgan fingerprint density at radius 2 is 2.20 bits per heavy atom. The molecule has 2 aliphatic rings. The number of nitrogens with one attached hydrogen (secondary N) is 1. The van der Waals surface area contributed by atoms with E-state index >= 15 is 0 Å². The van der Waals surface area contributed by atoms with Crippen LogP contribution in [0.25, 0.3) is 0 Å². The van der Waals surface area contributed by atoms with E-state index in [0.29, 0.717) is 13.1 Å². The molecule has 1 spiro atoms. The Hall–Kier alpha value is -2.56. The van der Waals surface area contributed by atoms with Crippen LogP contribution in [0, 0.1) is 18.3 Å². The smallest absolute Gasteiger partial charge is 0.253 e. The number of benzene rings is 1. The molecule has 1 saturated heterocycles. The third-order valence-electron chi connectivity index (χ3n) is 5.46. The van der Waals surface area contributed by atoms with Gasteiger partial charge in [-0.15, -0.1) is 0 Å². The SMILES string of the molecule is Cc1cccc(C(=O)N2CC[C@]3(C[C@H]3C(=O)NCc3ccco3)C2)c1. The lowest BCUT2D eigenvalue weighted by Gasteiger charge is -2.17. The van der Waals surface area contributed by atoms with Crippen molar-refractivity contribution in [2.45, 2.75) is 26.3 Å². The molecule has 1 saturated carbocycles. The zero-order valence-electron chi connectivity index (χ0n) is 14.3. The minimum Gasteiger partial charge on any atom is -0.467 e. The summed E-state index contributed by atoms with van der Waals surface area (Å²) in [6.07, 6.45) is 3.38. The van der Waals surface area contributed by atoms with Crippen molar-refractivity contribution < 1.29 is 14.0 Å². The molecule has 2 fully saturated rings. The number of carbonyl (C=O) groups is 2. The lowest BCUT2D eigenvalue weighted by molar-refractivity contribution is -0.123. The molecule has 130 valence electrons. The van der Waals surface area contributed by atoms with Crippen LogP contribution in [0.5, 0.6) is 0 Å². The summed E-state index contributed by atoms with van der Waals surface area (Å²) in [5.74, 6) is 0.909. The molecule has 0 unspecified atom stereocenters. The normalized spacial score (nSPS) is 24.5. The lowest BCUT2D eigenvalue weighted by atomic mass is 10.0. The second-order valence-electron chi connectivity index (χ2n) is 7.26. The fourth-order valence-electron chi connectivity index (χ4n) is 3.91. The summed E-state index contributed by atoms with van der Waals surface area (Å²) in [6.45, 7) is 3.82. The molecule has 1 aromatic heterocycles. The molecule has 2 amide bonds. The van der Waals surface area contributed by atoms with Crippen LogP contribution >= 0.6 is 0 Å². The van der Waals surface area contributed by atoms with Crippen LogP contribution in [-0.4, -0.2) is 29.8 Å². The number of hydrogen-bond donors (Lipinski definition) is 1. The van der Waals surface area contributed by atoms with Crippen molar-refractivity contribution in [3.63, 3.8) is 0 Å². The highest BCUT2D eigenvalue weighted by Crippen LogP contribution is 2.58. The molecule has 2 heterocycles. The van der Waals surface area contributed by atoms with Crippen LogP contribution < -0.4 is 5.32 Å². The van der Waals surface area contributed by atoms with Gasteiger partial charge in [0.05, 0.1) is 12.8 Å². The van der Waals surface area contributed by atoms with Crippen molar-refractivity contribution in [3.8, 4) is 0 Å². The lowest BCUT2D eigenvalue weighted by Crippen LogP contribution is -2.31. The van der Waals surface area contributed by atoms with E-state index in [2.05, 4.69) is 5.32 Å². The van der Waals surface area contributed by atoms with E-state index in [9.17, 15) is 9.59 Å². The van der Waals surface area contributed by atoms with Crippen LogP contribution in [0.3, 0.4) is 0 Å². The number of aryl methyl sites for hydroxylation is 1. The van der Waals surface area contributed by atoms with Gasteiger partial charge in [0, 0.05) is 30.0 Å². The number of nitrogens with zero attached hydrogens (tertiary/aromatic N) is 1.